The second kappa shape index (κ2) is 10.3. The van der Waals surface area contributed by atoms with Gasteiger partial charge in [0.05, 0.1) is 41.4 Å². The molecule has 0 radical (unpaired) electrons. The van der Waals surface area contributed by atoms with Crippen molar-refractivity contribution in [3.63, 3.8) is 0 Å². The molecule has 0 spiro atoms. The quantitative estimate of drug-likeness (QED) is 0.297. The molecule has 0 amide bonds. The largest absolute Gasteiger partial charge is 0.476 e. The van der Waals surface area contributed by atoms with Gasteiger partial charge in [-0.1, -0.05) is 30.3 Å². The molecule has 0 saturated carbocycles. The topological polar surface area (TPSA) is 118 Å². The molecule has 1 N–H and O–H groups in total. The predicted molar refractivity (Wildman–Crippen MR) is 146 cm³/mol. The highest BCUT2D eigenvalue weighted by Gasteiger charge is 2.34. The number of pyridine rings is 1. The Morgan fingerprint density at radius 1 is 1.12 bits per heavy atom. The van der Waals surface area contributed by atoms with E-state index in [1.807, 2.05) is 53.2 Å². The van der Waals surface area contributed by atoms with Gasteiger partial charge in [-0.3, -0.25) is 4.68 Å². The number of hydrogen-bond acceptors (Lipinski definition) is 7. The molecule has 214 valence electrons. The molecule has 2 aromatic heterocycles. The Labute approximate surface area is 234 Å². The summed E-state index contributed by atoms with van der Waals surface area (Å²) in [5.74, 6) is 0.807. The van der Waals surface area contributed by atoms with Crippen LogP contribution in [0.3, 0.4) is 0 Å². The van der Waals surface area contributed by atoms with Crippen molar-refractivity contribution in [3.05, 3.63) is 66.1 Å². The van der Waals surface area contributed by atoms with Crippen LogP contribution < -0.4 is 14.2 Å². The van der Waals surface area contributed by atoms with E-state index in [2.05, 4.69) is 14.9 Å². The van der Waals surface area contributed by atoms with Gasteiger partial charge in [-0.15, -0.1) is 5.10 Å². The highest BCUT2D eigenvalue weighted by molar-refractivity contribution is 7.88. The summed E-state index contributed by atoms with van der Waals surface area (Å²) in [6.07, 6.45) is 4.62. The third kappa shape index (κ3) is 5.27. The summed E-state index contributed by atoms with van der Waals surface area (Å²) in [5.41, 5.74) is 4.28. The molecule has 0 aliphatic carbocycles. The molecule has 1 aromatic carbocycles. The molecule has 0 fully saturated rings. The Morgan fingerprint density at radius 3 is 2.63 bits per heavy atom. The van der Waals surface area contributed by atoms with E-state index in [9.17, 15) is 17.2 Å². The molecule has 11 nitrogen and oxygen atoms in total. The van der Waals surface area contributed by atoms with Gasteiger partial charge in [0.25, 0.3) is 0 Å². The van der Waals surface area contributed by atoms with Crippen LogP contribution in [0.2, 0.25) is 0 Å². The van der Waals surface area contributed by atoms with Crippen LogP contribution >= 0.6 is 0 Å². The van der Waals surface area contributed by atoms with Crippen LogP contribution in [-0.2, 0) is 30.2 Å². The van der Waals surface area contributed by atoms with Gasteiger partial charge in [0.2, 0.25) is 21.8 Å². The number of nitrogens with one attached hydrogen (secondary N) is 1. The summed E-state index contributed by atoms with van der Waals surface area (Å²) in [6.45, 7) is -0.412. The third-order valence-corrected chi connectivity index (χ3v) is 7.50. The smallest absolute Gasteiger partial charge is 0.388 e. The maximum absolute atomic E-state index is 13.4. The standard InChI is InChI=1S/C27H27F2N7O4S/c1-16-21(26-36(31-16)13-18(15-39-26)33-41(3,37)38)23-22(20-14-34(2)32-25(20)40-27(28)29)19-10-7-11-35(24(19)30-23)12-17-8-5-4-6-9-17/h4-11,14,18,27,33H,12-13,15H2,1-3H3/t18-/m0/s1. The van der Waals surface area contributed by atoms with Gasteiger partial charge < -0.3 is 14.0 Å². The van der Waals surface area contributed by atoms with E-state index in [1.54, 1.807) is 24.9 Å². The van der Waals surface area contributed by atoms with Crippen molar-refractivity contribution >= 4 is 10.0 Å². The number of rotatable bonds is 8. The molecular weight excluding hydrogens is 556 g/mol. The van der Waals surface area contributed by atoms with Crippen molar-refractivity contribution in [3.8, 4) is 45.5 Å². The molecule has 0 bridgehead atoms. The molecule has 41 heavy (non-hydrogen) atoms. The SMILES string of the molecule is Cc1nn2c(c1-c1nc3n(Cc4ccccc4)cccc-3c1-c1cn(C)nc1OC(F)F)OC[C@@H](NS(C)(=O)=O)C2. The highest BCUT2D eigenvalue weighted by Crippen LogP contribution is 2.48. The number of aryl methyl sites for hydroxylation is 2. The Bertz CT molecular complexity index is 1800. The molecule has 5 heterocycles. The third-order valence-electron chi connectivity index (χ3n) is 6.74. The number of nitrogens with zero attached hydrogens (tertiary/aromatic N) is 6. The van der Waals surface area contributed by atoms with Crippen LogP contribution in [0.1, 0.15) is 11.3 Å². The van der Waals surface area contributed by atoms with Crippen LogP contribution in [0.15, 0.2) is 54.9 Å². The van der Waals surface area contributed by atoms with Gasteiger partial charge in [-0.25, -0.2) is 22.8 Å². The van der Waals surface area contributed by atoms with Gasteiger partial charge >= 0.3 is 6.61 Å². The lowest BCUT2D eigenvalue weighted by atomic mass is 9.99. The summed E-state index contributed by atoms with van der Waals surface area (Å²) in [6, 6.07) is 13.1. The minimum absolute atomic E-state index is 0.0847. The zero-order valence-corrected chi connectivity index (χ0v) is 23.3. The zero-order chi connectivity index (χ0) is 28.9. The maximum atomic E-state index is 13.4. The van der Waals surface area contributed by atoms with Gasteiger partial charge in [0.15, 0.2) is 0 Å². The van der Waals surface area contributed by atoms with Crippen molar-refractivity contribution in [1.82, 2.24) is 33.8 Å². The number of fused-ring (bicyclic) bond motifs is 2. The molecule has 6 rings (SSSR count). The summed E-state index contributed by atoms with van der Waals surface area (Å²) < 4.78 is 68.9. The average Bonchev–Trinajstić information content (AvgIpc) is 3.54. The normalized spacial score (nSPS) is 15.3. The number of sulfonamides is 1. The van der Waals surface area contributed by atoms with Crippen molar-refractivity contribution in [2.75, 3.05) is 12.9 Å². The van der Waals surface area contributed by atoms with E-state index >= 15 is 0 Å². The van der Waals surface area contributed by atoms with Crippen molar-refractivity contribution in [1.29, 1.82) is 0 Å². The number of ether oxygens (including phenoxy) is 2. The second-order valence-corrected chi connectivity index (χ2v) is 11.7. The molecule has 14 heteroatoms. The first-order valence-corrected chi connectivity index (χ1v) is 14.7. The summed E-state index contributed by atoms with van der Waals surface area (Å²) in [5, 5.41) is 8.76. The van der Waals surface area contributed by atoms with Crippen molar-refractivity contribution < 1.29 is 26.7 Å². The number of halogens is 2. The molecular formula is C27H27F2N7O4S. The van der Waals surface area contributed by atoms with E-state index in [-0.39, 0.29) is 19.0 Å². The fraction of sp³-hybridized carbons (Fsp3) is 0.296. The van der Waals surface area contributed by atoms with Crippen molar-refractivity contribution in [2.24, 2.45) is 7.05 Å². The molecule has 1 atom stereocenters. The van der Waals surface area contributed by atoms with E-state index in [4.69, 9.17) is 14.5 Å². The lowest BCUT2D eigenvalue weighted by Gasteiger charge is -2.24. The lowest BCUT2D eigenvalue weighted by Crippen LogP contribution is -2.44. The monoisotopic (exact) mass is 583 g/mol. The van der Waals surface area contributed by atoms with Gasteiger partial charge in [0, 0.05) is 37.1 Å². The minimum Gasteiger partial charge on any atom is -0.476 e. The second-order valence-electron chi connectivity index (χ2n) is 9.94. The molecule has 3 aromatic rings. The summed E-state index contributed by atoms with van der Waals surface area (Å²) in [7, 11) is -1.83. The van der Waals surface area contributed by atoms with Crippen LogP contribution in [0, 0.1) is 6.92 Å². The van der Waals surface area contributed by atoms with Crippen LogP contribution in [0.4, 0.5) is 8.78 Å². The Kier molecular flexibility index (Phi) is 6.74. The lowest BCUT2D eigenvalue weighted by molar-refractivity contribution is -0.0527. The first kappa shape index (κ1) is 26.9. The highest BCUT2D eigenvalue weighted by atomic mass is 32.2. The minimum atomic E-state index is -3.46. The van der Waals surface area contributed by atoms with Gasteiger partial charge in [0.1, 0.15) is 12.4 Å². The number of hydrogen-bond donors (Lipinski definition) is 1. The Hall–Kier alpha value is -4.30. The fourth-order valence-electron chi connectivity index (χ4n) is 5.24. The summed E-state index contributed by atoms with van der Waals surface area (Å²) >= 11 is 0. The van der Waals surface area contributed by atoms with E-state index < -0.39 is 22.7 Å². The van der Waals surface area contributed by atoms with Crippen molar-refractivity contribution in [2.45, 2.75) is 32.7 Å². The van der Waals surface area contributed by atoms with Crippen LogP contribution in [0.5, 0.6) is 11.8 Å². The van der Waals surface area contributed by atoms with E-state index in [0.29, 0.717) is 51.9 Å². The Balaban J connectivity index is 1.54. The first-order chi connectivity index (χ1) is 19.6. The molecule has 3 aliphatic heterocycles. The van der Waals surface area contributed by atoms with Gasteiger partial charge in [-0.2, -0.15) is 13.9 Å². The number of aromatic nitrogens is 6. The number of alkyl halides is 2. The predicted octanol–water partition coefficient (Wildman–Crippen LogP) is 3.52. The fourth-order valence-corrected chi connectivity index (χ4v) is 5.99. The van der Waals surface area contributed by atoms with Gasteiger partial charge in [-0.05, 0) is 24.6 Å². The van der Waals surface area contributed by atoms with E-state index in [0.717, 1.165) is 11.8 Å². The number of benzene rings is 1. The zero-order valence-electron chi connectivity index (χ0n) is 22.5. The maximum Gasteiger partial charge on any atom is 0.388 e. The summed E-state index contributed by atoms with van der Waals surface area (Å²) in [4.78, 5) is 5.04. The first-order valence-electron chi connectivity index (χ1n) is 12.8. The van der Waals surface area contributed by atoms with Crippen LogP contribution in [-0.4, -0.2) is 63.0 Å². The average molecular weight is 584 g/mol. The molecule has 0 saturated heterocycles. The van der Waals surface area contributed by atoms with Crippen LogP contribution in [0.25, 0.3) is 33.8 Å². The van der Waals surface area contributed by atoms with E-state index in [1.165, 1.54) is 4.68 Å². The molecule has 3 aliphatic rings. The molecule has 0 unspecified atom stereocenters. The Morgan fingerprint density at radius 2 is 1.90 bits per heavy atom.